The second-order valence-corrected chi connectivity index (χ2v) is 5.17. The molecule has 0 radical (unpaired) electrons. The minimum Gasteiger partial charge on any atom is -0.349 e. The standard InChI is InChI=1S/C13H24N2O2/c1-4-6-11(16)14-13(3)8-9-15(10-13)12(17)7-5-2/h4-10H2,1-3H3,(H,14,16)/t13-/m0/s1. The summed E-state index contributed by atoms with van der Waals surface area (Å²) in [5.41, 5.74) is -0.227. The molecule has 4 heteroatoms. The lowest BCUT2D eigenvalue weighted by molar-refractivity contribution is -0.131. The number of hydrogen-bond donors (Lipinski definition) is 1. The van der Waals surface area contributed by atoms with Gasteiger partial charge in [0.05, 0.1) is 5.54 Å². The quantitative estimate of drug-likeness (QED) is 0.795. The molecule has 98 valence electrons. The molecule has 1 atom stereocenters. The highest BCUT2D eigenvalue weighted by Crippen LogP contribution is 2.21. The van der Waals surface area contributed by atoms with Gasteiger partial charge in [-0.1, -0.05) is 13.8 Å². The number of carbonyl (C=O) groups excluding carboxylic acids is 2. The van der Waals surface area contributed by atoms with E-state index in [1.807, 2.05) is 25.7 Å². The van der Waals surface area contributed by atoms with Crippen molar-refractivity contribution in [3.8, 4) is 0 Å². The molecule has 0 unspecified atom stereocenters. The van der Waals surface area contributed by atoms with E-state index in [1.165, 1.54) is 0 Å². The fourth-order valence-electron chi connectivity index (χ4n) is 2.27. The van der Waals surface area contributed by atoms with Crippen molar-refractivity contribution in [3.63, 3.8) is 0 Å². The Labute approximate surface area is 104 Å². The van der Waals surface area contributed by atoms with Crippen LogP contribution in [0.25, 0.3) is 0 Å². The zero-order valence-corrected chi connectivity index (χ0v) is 11.2. The predicted molar refractivity (Wildman–Crippen MR) is 67.6 cm³/mol. The van der Waals surface area contributed by atoms with E-state index in [0.717, 1.165) is 25.8 Å². The van der Waals surface area contributed by atoms with Crippen LogP contribution in [0.2, 0.25) is 0 Å². The minimum absolute atomic E-state index is 0.0970. The molecule has 0 aliphatic carbocycles. The molecular weight excluding hydrogens is 216 g/mol. The first-order valence-electron chi connectivity index (χ1n) is 6.59. The van der Waals surface area contributed by atoms with Crippen LogP contribution in [0, 0.1) is 0 Å². The molecule has 1 aliphatic heterocycles. The minimum atomic E-state index is -0.227. The largest absolute Gasteiger partial charge is 0.349 e. The van der Waals surface area contributed by atoms with E-state index in [9.17, 15) is 9.59 Å². The van der Waals surface area contributed by atoms with Gasteiger partial charge >= 0.3 is 0 Å². The Balaban J connectivity index is 2.47. The van der Waals surface area contributed by atoms with Crippen molar-refractivity contribution in [2.75, 3.05) is 13.1 Å². The average molecular weight is 240 g/mol. The predicted octanol–water partition coefficient (Wildman–Crippen LogP) is 1.69. The number of rotatable bonds is 5. The fraction of sp³-hybridized carbons (Fsp3) is 0.846. The van der Waals surface area contributed by atoms with Crippen LogP contribution in [0.1, 0.15) is 52.9 Å². The fourth-order valence-corrected chi connectivity index (χ4v) is 2.27. The lowest BCUT2D eigenvalue weighted by Crippen LogP contribution is -2.48. The first kappa shape index (κ1) is 14.0. The first-order valence-corrected chi connectivity index (χ1v) is 6.59. The normalized spacial score (nSPS) is 23.8. The van der Waals surface area contributed by atoms with Crippen LogP contribution < -0.4 is 5.32 Å². The van der Waals surface area contributed by atoms with Gasteiger partial charge in [-0.25, -0.2) is 0 Å². The Morgan fingerprint density at radius 3 is 2.47 bits per heavy atom. The molecule has 0 spiro atoms. The van der Waals surface area contributed by atoms with E-state index in [4.69, 9.17) is 0 Å². The summed E-state index contributed by atoms with van der Waals surface area (Å²) >= 11 is 0. The molecule has 0 aromatic carbocycles. The van der Waals surface area contributed by atoms with E-state index in [2.05, 4.69) is 5.32 Å². The van der Waals surface area contributed by atoms with Gasteiger partial charge in [0.1, 0.15) is 0 Å². The van der Waals surface area contributed by atoms with Crippen LogP contribution in [-0.2, 0) is 9.59 Å². The van der Waals surface area contributed by atoms with E-state index in [-0.39, 0.29) is 17.4 Å². The van der Waals surface area contributed by atoms with Crippen LogP contribution >= 0.6 is 0 Å². The molecule has 17 heavy (non-hydrogen) atoms. The van der Waals surface area contributed by atoms with E-state index >= 15 is 0 Å². The van der Waals surface area contributed by atoms with Gasteiger partial charge in [-0.15, -0.1) is 0 Å². The van der Waals surface area contributed by atoms with Gasteiger partial charge in [0.2, 0.25) is 11.8 Å². The summed E-state index contributed by atoms with van der Waals surface area (Å²) in [7, 11) is 0. The molecule has 0 aromatic rings. The summed E-state index contributed by atoms with van der Waals surface area (Å²) in [4.78, 5) is 25.2. The second-order valence-electron chi connectivity index (χ2n) is 5.17. The molecule has 1 heterocycles. The lowest BCUT2D eigenvalue weighted by atomic mass is 10.0. The van der Waals surface area contributed by atoms with E-state index < -0.39 is 0 Å². The Bertz CT molecular complexity index is 291. The van der Waals surface area contributed by atoms with Crippen molar-refractivity contribution in [3.05, 3.63) is 0 Å². The molecular formula is C13H24N2O2. The van der Waals surface area contributed by atoms with E-state index in [1.54, 1.807) is 0 Å². The number of nitrogens with one attached hydrogen (secondary N) is 1. The number of hydrogen-bond acceptors (Lipinski definition) is 2. The van der Waals surface area contributed by atoms with Crippen molar-refractivity contribution in [1.82, 2.24) is 10.2 Å². The molecule has 1 fully saturated rings. The number of carbonyl (C=O) groups is 2. The van der Waals surface area contributed by atoms with Crippen LogP contribution in [0.15, 0.2) is 0 Å². The van der Waals surface area contributed by atoms with Gasteiger partial charge in [-0.2, -0.15) is 0 Å². The van der Waals surface area contributed by atoms with Crippen LogP contribution in [0.4, 0.5) is 0 Å². The van der Waals surface area contributed by atoms with Crippen LogP contribution in [0.5, 0.6) is 0 Å². The number of amides is 2. The Hall–Kier alpha value is -1.06. The Morgan fingerprint density at radius 2 is 1.88 bits per heavy atom. The SMILES string of the molecule is CCCC(=O)N[C@@]1(C)CCN(C(=O)CCC)C1. The van der Waals surface area contributed by atoms with Gasteiger partial charge in [-0.3, -0.25) is 9.59 Å². The van der Waals surface area contributed by atoms with Crippen molar-refractivity contribution < 1.29 is 9.59 Å². The summed E-state index contributed by atoms with van der Waals surface area (Å²) in [5.74, 6) is 0.306. The van der Waals surface area contributed by atoms with Gasteiger partial charge in [0.15, 0.2) is 0 Å². The Kier molecular flexibility index (Phi) is 4.97. The second kappa shape index (κ2) is 6.03. The molecule has 1 aliphatic rings. The number of nitrogens with zero attached hydrogens (tertiary/aromatic N) is 1. The van der Waals surface area contributed by atoms with Gasteiger partial charge < -0.3 is 10.2 Å². The zero-order chi connectivity index (χ0) is 12.9. The third-order valence-electron chi connectivity index (χ3n) is 3.21. The maximum atomic E-state index is 11.8. The Morgan fingerprint density at radius 1 is 1.24 bits per heavy atom. The zero-order valence-electron chi connectivity index (χ0n) is 11.2. The molecule has 0 saturated carbocycles. The van der Waals surface area contributed by atoms with Crippen molar-refractivity contribution >= 4 is 11.8 Å². The summed E-state index contributed by atoms with van der Waals surface area (Å²) in [6, 6.07) is 0. The monoisotopic (exact) mass is 240 g/mol. The summed E-state index contributed by atoms with van der Waals surface area (Å²) in [5, 5.41) is 3.05. The molecule has 2 amide bonds. The van der Waals surface area contributed by atoms with Crippen molar-refractivity contribution in [1.29, 1.82) is 0 Å². The average Bonchev–Trinajstić information content (AvgIpc) is 2.61. The van der Waals surface area contributed by atoms with Crippen molar-refractivity contribution in [2.45, 2.75) is 58.4 Å². The van der Waals surface area contributed by atoms with Crippen LogP contribution in [-0.4, -0.2) is 35.3 Å². The molecule has 4 nitrogen and oxygen atoms in total. The lowest BCUT2D eigenvalue weighted by Gasteiger charge is -2.26. The molecule has 1 rings (SSSR count). The van der Waals surface area contributed by atoms with Gasteiger partial charge in [0.25, 0.3) is 0 Å². The summed E-state index contributed by atoms with van der Waals surface area (Å²) in [6.45, 7) is 7.45. The first-order chi connectivity index (χ1) is 8.00. The smallest absolute Gasteiger partial charge is 0.222 e. The molecule has 0 aromatic heterocycles. The van der Waals surface area contributed by atoms with Crippen molar-refractivity contribution in [2.24, 2.45) is 0 Å². The van der Waals surface area contributed by atoms with Crippen LogP contribution in [0.3, 0.4) is 0 Å². The third kappa shape index (κ3) is 4.02. The maximum absolute atomic E-state index is 11.8. The summed E-state index contributed by atoms with van der Waals surface area (Å²) in [6.07, 6.45) is 3.78. The molecule has 1 saturated heterocycles. The highest BCUT2D eigenvalue weighted by atomic mass is 16.2. The highest BCUT2D eigenvalue weighted by Gasteiger charge is 2.36. The topological polar surface area (TPSA) is 49.4 Å². The van der Waals surface area contributed by atoms with E-state index in [0.29, 0.717) is 19.4 Å². The van der Waals surface area contributed by atoms with Gasteiger partial charge in [0, 0.05) is 25.9 Å². The van der Waals surface area contributed by atoms with Gasteiger partial charge in [-0.05, 0) is 26.2 Å². The third-order valence-corrected chi connectivity index (χ3v) is 3.21. The maximum Gasteiger partial charge on any atom is 0.222 e. The molecule has 0 bridgehead atoms. The summed E-state index contributed by atoms with van der Waals surface area (Å²) < 4.78 is 0. The molecule has 1 N–H and O–H groups in total. The highest BCUT2D eigenvalue weighted by molar-refractivity contribution is 5.78. The number of likely N-dealkylation sites (tertiary alicyclic amines) is 1.